The van der Waals surface area contributed by atoms with Crippen LogP contribution in [0.1, 0.15) is 145 Å². The minimum atomic E-state index is -0.215. The van der Waals surface area contributed by atoms with Gasteiger partial charge in [0.1, 0.15) is 23.9 Å². The molecule has 1 saturated carbocycles. The summed E-state index contributed by atoms with van der Waals surface area (Å²) in [5.41, 5.74) is 6.53. The number of aromatic hydroxyl groups is 1. The standard InChI is InChI=1S/C25H34O2.C21H22O.C10H14O/c1-4-20(2)22-13-15-23(16-14-22)27-24(25(3)17-9-6-10-18-25)26-19-21-11-7-5-8-12-21;1-3-16(2)17-11-13-20(14-12-17)22-15-19-9-6-8-18-7-4-5-10-21(18)19;1-3-8(2)9-4-6-10(11)7-5-9/h5,7-8,11-16,20,24H,4,6,9-10,17-19H2,1-3H3;4-14,16H,3,15H2,1-2H3;4-8,11H,3H2,1-2H3. The van der Waals surface area contributed by atoms with Crippen LogP contribution in [0.15, 0.2) is 146 Å². The van der Waals surface area contributed by atoms with Crippen molar-refractivity contribution in [2.75, 3.05) is 0 Å². The smallest absolute Gasteiger partial charge is 0.205 e. The molecule has 0 bridgehead atoms. The van der Waals surface area contributed by atoms with Crippen molar-refractivity contribution >= 4 is 10.8 Å². The van der Waals surface area contributed by atoms with Crippen LogP contribution in [-0.2, 0) is 18.0 Å². The van der Waals surface area contributed by atoms with E-state index >= 15 is 0 Å². The number of ether oxygens (including phenoxy) is 3. The van der Waals surface area contributed by atoms with Gasteiger partial charge in [-0.2, -0.15) is 0 Å². The maximum absolute atomic E-state index is 9.01. The number of phenolic OH excluding ortho intramolecular Hbond substituents is 1. The zero-order valence-corrected chi connectivity index (χ0v) is 37.4. The second-order valence-corrected chi connectivity index (χ2v) is 17.0. The summed E-state index contributed by atoms with van der Waals surface area (Å²) in [6, 6.07) is 49.7. The second kappa shape index (κ2) is 23.7. The van der Waals surface area contributed by atoms with Gasteiger partial charge in [-0.15, -0.1) is 0 Å². The third-order valence-electron chi connectivity index (χ3n) is 12.5. The van der Waals surface area contributed by atoms with E-state index in [1.807, 2.05) is 18.2 Å². The second-order valence-electron chi connectivity index (χ2n) is 17.0. The fourth-order valence-electron chi connectivity index (χ4n) is 7.70. The average molecular weight is 807 g/mol. The maximum Gasteiger partial charge on any atom is 0.205 e. The Morgan fingerprint density at radius 1 is 0.533 bits per heavy atom. The molecular formula is C56H70O4. The third kappa shape index (κ3) is 13.7. The number of fused-ring (bicyclic) bond motifs is 1. The lowest BCUT2D eigenvalue weighted by Crippen LogP contribution is -2.40. The van der Waals surface area contributed by atoms with Crippen molar-refractivity contribution in [3.63, 3.8) is 0 Å². The van der Waals surface area contributed by atoms with E-state index in [2.05, 4.69) is 164 Å². The zero-order chi connectivity index (χ0) is 42.7. The SMILES string of the molecule is CCC(C)c1ccc(O)cc1.CCC(C)c1ccc(OC(OCc2ccccc2)C2(C)CCCCC2)cc1.CCC(C)c1ccc(OCc2cccc3ccccc23)cc1. The maximum atomic E-state index is 9.01. The molecule has 6 aromatic carbocycles. The van der Waals surface area contributed by atoms with Gasteiger partial charge in [-0.25, -0.2) is 0 Å². The molecule has 0 radical (unpaired) electrons. The van der Waals surface area contributed by atoms with Crippen molar-refractivity contribution in [1.29, 1.82) is 0 Å². The molecule has 0 spiro atoms. The zero-order valence-electron chi connectivity index (χ0n) is 37.4. The monoisotopic (exact) mass is 807 g/mol. The molecule has 0 heterocycles. The van der Waals surface area contributed by atoms with E-state index in [1.165, 1.54) is 57.9 Å². The van der Waals surface area contributed by atoms with Crippen LogP contribution in [0, 0.1) is 5.41 Å². The van der Waals surface area contributed by atoms with Crippen LogP contribution in [0.25, 0.3) is 10.8 Å². The van der Waals surface area contributed by atoms with Crippen LogP contribution in [0.5, 0.6) is 17.2 Å². The van der Waals surface area contributed by atoms with Crippen LogP contribution < -0.4 is 9.47 Å². The summed E-state index contributed by atoms with van der Waals surface area (Å²) in [7, 11) is 0. The molecule has 0 aliphatic heterocycles. The first kappa shape index (κ1) is 46.0. The molecule has 4 heteroatoms. The number of hydrogen-bond donors (Lipinski definition) is 1. The van der Waals surface area contributed by atoms with E-state index < -0.39 is 0 Å². The topological polar surface area (TPSA) is 47.9 Å². The molecule has 318 valence electrons. The number of benzene rings is 6. The summed E-state index contributed by atoms with van der Waals surface area (Å²) >= 11 is 0. The quantitative estimate of drug-likeness (QED) is 0.105. The summed E-state index contributed by atoms with van der Waals surface area (Å²) in [5.74, 6) is 3.96. The van der Waals surface area contributed by atoms with Crippen molar-refractivity contribution in [3.8, 4) is 17.2 Å². The van der Waals surface area contributed by atoms with E-state index in [9.17, 15) is 0 Å². The van der Waals surface area contributed by atoms with Gasteiger partial charge in [0.05, 0.1) is 6.61 Å². The van der Waals surface area contributed by atoms with Crippen LogP contribution in [0.3, 0.4) is 0 Å². The van der Waals surface area contributed by atoms with Crippen molar-refractivity contribution in [1.82, 2.24) is 0 Å². The van der Waals surface area contributed by atoms with E-state index in [0.717, 1.165) is 43.6 Å². The molecule has 1 fully saturated rings. The lowest BCUT2D eigenvalue weighted by molar-refractivity contribution is -0.169. The third-order valence-corrected chi connectivity index (χ3v) is 12.5. The molecule has 0 saturated heterocycles. The molecule has 6 aromatic rings. The Morgan fingerprint density at radius 2 is 1.03 bits per heavy atom. The molecule has 1 aliphatic rings. The van der Waals surface area contributed by atoms with Crippen molar-refractivity contribution in [2.45, 2.75) is 137 Å². The van der Waals surface area contributed by atoms with Gasteiger partial charge in [-0.3, -0.25) is 0 Å². The van der Waals surface area contributed by atoms with Gasteiger partial charge in [-0.05, 0) is 125 Å². The fraction of sp³-hybridized carbons (Fsp3) is 0.393. The Morgan fingerprint density at radius 3 is 1.60 bits per heavy atom. The van der Waals surface area contributed by atoms with Gasteiger partial charge in [-0.1, -0.05) is 177 Å². The van der Waals surface area contributed by atoms with E-state index in [0.29, 0.717) is 36.7 Å². The van der Waals surface area contributed by atoms with Crippen LogP contribution in [0.4, 0.5) is 0 Å². The molecule has 4 nitrogen and oxygen atoms in total. The lowest BCUT2D eigenvalue weighted by atomic mass is 9.75. The van der Waals surface area contributed by atoms with Gasteiger partial charge in [0.2, 0.25) is 6.29 Å². The first-order valence-corrected chi connectivity index (χ1v) is 22.5. The molecule has 4 atom stereocenters. The first-order chi connectivity index (χ1) is 29.1. The van der Waals surface area contributed by atoms with E-state index in [1.54, 1.807) is 12.1 Å². The predicted octanol–water partition coefficient (Wildman–Crippen LogP) is 15.9. The summed E-state index contributed by atoms with van der Waals surface area (Å²) in [4.78, 5) is 0. The molecule has 0 amide bonds. The molecule has 60 heavy (non-hydrogen) atoms. The number of hydrogen-bond acceptors (Lipinski definition) is 4. The molecule has 4 unspecified atom stereocenters. The Bertz CT molecular complexity index is 2080. The van der Waals surface area contributed by atoms with Crippen LogP contribution in [-0.4, -0.2) is 11.4 Å². The molecule has 7 rings (SSSR count). The number of rotatable bonds is 15. The normalized spacial score (nSPS) is 15.2. The minimum Gasteiger partial charge on any atom is -0.508 e. The van der Waals surface area contributed by atoms with Gasteiger partial charge < -0.3 is 19.3 Å². The van der Waals surface area contributed by atoms with E-state index in [4.69, 9.17) is 19.3 Å². The molecular weight excluding hydrogens is 737 g/mol. The van der Waals surface area contributed by atoms with Gasteiger partial charge in [0, 0.05) is 5.41 Å². The Balaban J connectivity index is 0.000000185. The molecule has 0 aromatic heterocycles. The average Bonchev–Trinajstić information content (AvgIpc) is 3.30. The Labute approximate surface area is 362 Å². The summed E-state index contributed by atoms with van der Waals surface area (Å²) in [6.45, 7) is 16.8. The molecule has 1 N–H and O–H groups in total. The summed E-state index contributed by atoms with van der Waals surface area (Å²) < 4.78 is 18.7. The number of phenols is 1. The largest absolute Gasteiger partial charge is 0.508 e. The van der Waals surface area contributed by atoms with Gasteiger partial charge in [0.15, 0.2) is 0 Å². The fourth-order valence-corrected chi connectivity index (χ4v) is 7.70. The van der Waals surface area contributed by atoms with Gasteiger partial charge in [0.25, 0.3) is 0 Å². The predicted molar refractivity (Wildman–Crippen MR) is 252 cm³/mol. The highest BCUT2D eigenvalue weighted by atomic mass is 16.7. The highest BCUT2D eigenvalue weighted by Crippen LogP contribution is 2.41. The minimum absolute atomic E-state index is 0.0718. The van der Waals surface area contributed by atoms with Crippen molar-refractivity contribution in [2.24, 2.45) is 5.41 Å². The van der Waals surface area contributed by atoms with Crippen LogP contribution >= 0.6 is 0 Å². The summed E-state index contributed by atoms with van der Waals surface area (Å²) in [5, 5.41) is 11.5. The highest BCUT2D eigenvalue weighted by molar-refractivity contribution is 5.85. The Kier molecular flexibility index (Phi) is 18.1. The van der Waals surface area contributed by atoms with Crippen molar-refractivity contribution in [3.05, 3.63) is 173 Å². The van der Waals surface area contributed by atoms with E-state index in [-0.39, 0.29) is 11.7 Å². The highest BCUT2D eigenvalue weighted by Gasteiger charge is 2.38. The van der Waals surface area contributed by atoms with Gasteiger partial charge >= 0.3 is 0 Å². The first-order valence-electron chi connectivity index (χ1n) is 22.5. The Hall–Kier alpha value is -5.06. The van der Waals surface area contributed by atoms with Crippen LogP contribution in [0.2, 0.25) is 0 Å². The van der Waals surface area contributed by atoms with Crippen molar-refractivity contribution < 1.29 is 19.3 Å². The summed E-state index contributed by atoms with van der Waals surface area (Å²) in [6.07, 6.45) is 9.42. The molecule has 1 aliphatic carbocycles. The lowest BCUT2D eigenvalue weighted by Gasteiger charge is -2.40.